The summed E-state index contributed by atoms with van der Waals surface area (Å²) in [5, 5.41) is 9.40. The number of pyridine rings is 1. The quantitative estimate of drug-likeness (QED) is 0.673. The zero-order valence-corrected chi connectivity index (χ0v) is 13.7. The molecule has 0 saturated heterocycles. The van der Waals surface area contributed by atoms with Gasteiger partial charge in [-0.15, -0.1) is 0 Å². The molecule has 0 unspecified atom stereocenters. The van der Waals surface area contributed by atoms with E-state index in [9.17, 15) is 10.1 Å². The Labute approximate surface area is 140 Å². The van der Waals surface area contributed by atoms with Crippen LogP contribution in [-0.2, 0) is 4.74 Å². The minimum atomic E-state index is -0.472. The summed E-state index contributed by atoms with van der Waals surface area (Å²) < 4.78 is 5.42. The summed E-state index contributed by atoms with van der Waals surface area (Å²) >= 11 is 5.20. The molecular weight excluding hydrogens is 308 g/mol. The van der Waals surface area contributed by atoms with E-state index in [4.69, 9.17) is 17.0 Å². The monoisotopic (exact) mass is 324 g/mol. The van der Waals surface area contributed by atoms with Crippen LogP contribution >= 0.6 is 12.2 Å². The third-order valence-corrected chi connectivity index (χ3v) is 3.58. The zero-order chi connectivity index (χ0) is 16.8. The number of aryl methyl sites for hydroxylation is 1. The predicted molar refractivity (Wildman–Crippen MR) is 92.4 cm³/mol. The lowest BCUT2D eigenvalue weighted by atomic mass is 10.0. The van der Waals surface area contributed by atoms with Crippen LogP contribution in [0.25, 0.3) is 12.2 Å². The van der Waals surface area contributed by atoms with Crippen LogP contribution in [0, 0.1) is 22.9 Å². The van der Waals surface area contributed by atoms with E-state index in [0.717, 1.165) is 5.56 Å². The van der Waals surface area contributed by atoms with Crippen molar-refractivity contribution in [2.24, 2.45) is 0 Å². The van der Waals surface area contributed by atoms with Crippen molar-refractivity contribution in [3.63, 3.8) is 0 Å². The average Bonchev–Trinajstić information content (AvgIpc) is 2.53. The molecule has 0 atom stereocenters. The molecule has 4 nitrogen and oxygen atoms in total. The van der Waals surface area contributed by atoms with E-state index in [1.54, 1.807) is 19.9 Å². The molecule has 1 aromatic carbocycles. The highest BCUT2D eigenvalue weighted by Gasteiger charge is 2.19. The molecule has 0 radical (unpaired) electrons. The van der Waals surface area contributed by atoms with Crippen LogP contribution in [-0.4, -0.2) is 17.6 Å². The zero-order valence-electron chi connectivity index (χ0n) is 12.9. The average molecular weight is 324 g/mol. The Morgan fingerprint density at radius 2 is 2.04 bits per heavy atom. The van der Waals surface area contributed by atoms with Gasteiger partial charge in [-0.05, 0) is 19.4 Å². The summed E-state index contributed by atoms with van der Waals surface area (Å²) in [6, 6.07) is 11.7. The van der Waals surface area contributed by atoms with E-state index in [1.807, 2.05) is 36.4 Å². The van der Waals surface area contributed by atoms with Gasteiger partial charge in [0.2, 0.25) is 0 Å². The van der Waals surface area contributed by atoms with E-state index >= 15 is 0 Å². The molecule has 0 amide bonds. The normalized spacial score (nSPS) is 10.5. The number of carbonyl (C=O) groups excluding carboxylic acids is 1. The van der Waals surface area contributed by atoms with Gasteiger partial charge in [0.1, 0.15) is 10.7 Å². The van der Waals surface area contributed by atoms with Gasteiger partial charge in [0.05, 0.1) is 17.7 Å². The largest absolute Gasteiger partial charge is 0.462 e. The van der Waals surface area contributed by atoms with Crippen molar-refractivity contribution in [1.29, 1.82) is 5.26 Å². The van der Waals surface area contributed by atoms with Gasteiger partial charge < -0.3 is 9.72 Å². The summed E-state index contributed by atoms with van der Waals surface area (Å²) in [7, 11) is 0. The van der Waals surface area contributed by atoms with E-state index in [1.165, 1.54) is 0 Å². The third kappa shape index (κ3) is 3.74. The molecule has 0 aliphatic rings. The van der Waals surface area contributed by atoms with Crippen LogP contribution in [0.3, 0.4) is 0 Å². The standard InChI is InChI=1S/C18H16N2O2S/c1-3-22-18(21)16-12(2)20-17(23)15(11-19)14(16)10-9-13-7-5-4-6-8-13/h4-10H,3H2,1-2H3,(H,20,23). The predicted octanol–water partition coefficient (Wildman–Crippen LogP) is 4.27. The summed E-state index contributed by atoms with van der Waals surface area (Å²) in [5.74, 6) is -0.472. The van der Waals surface area contributed by atoms with Crippen molar-refractivity contribution in [1.82, 2.24) is 4.98 Å². The minimum absolute atomic E-state index is 0.262. The Balaban J connectivity index is 2.63. The lowest BCUT2D eigenvalue weighted by Gasteiger charge is -2.11. The minimum Gasteiger partial charge on any atom is -0.462 e. The first-order valence-electron chi connectivity index (χ1n) is 7.15. The highest BCUT2D eigenvalue weighted by atomic mass is 32.1. The Bertz CT molecular complexity index is 846. The van der Waals surface area contributed by atoms with Crippen molar-refractivity contribution < 1.29 is 9.53 Å². The first-order valence-corrected chi connectivity index (χ1v) is 7.56. The molecule has 5 heteroatoms. The number of benzene rings is 1. The van der Waals surface area contributed by atoms with Crippen LogP contribution < -0.4 is 0 Å². The van der Waals surface area contributed by atoms with Crippen LogP contribution in [0.15, 0.2) is 30.3 Å². The Morgan fingerprint density at radius 3 is 2.65 bits per heavy atom. The van der Waals surface area contributed by atoms with Gasteiger partial charge in [-0.3, -0.25) is 0 Å². The number of nitrogens with zero attached hydrogens (tertiary/aromatic N) is 1. The Hall–Kier alpha value is -2.71. The fourth-order valence-corrected chi connectivity index (χ4v) is 2.54. The molecule has 2 rings (SSSR count). The smallest absolute Gasteiger partial charge is 0.340 e. The number of nitriles is 1. The van der Waals surface area contributed by atoms with Crippen molar-refractivity contribution in [2.45, 2.75) is 13.8 Å². The summed E-state index contributed by atoms with van der Waals surface area (Å²) in [6.07, 6.45) is 3.57. The van der Waals surface area contributed by atoms with E-state index in [-0.39, 0.29) is 12.2 Å². The van der Waals surface area contributed by atoms with Crippen molar-refractivity contribution in [2.75, 3.05) is 6.61 Å². The molecule has 0 fully saturated rings. The molecule has 0 aliphatic carbocycles. The molecule has 116 valence electrons. The second-order valence-electron chi connectivity index (χ2n) is 4.82. The van der Waals surface area contributed by atoms with Gasteiger partial charge in [0, 0.05) is 11.3 Å². The number of nitrogens with one attached hydrogen (secondary N) is 1. The second kappa shape index (κ2) is 7.52. The van der Waals surface area contributed by atoms with Crippen molar-refractivity contribution >= 4 is 30.3 Å². The number of aromatic amines is 1. The molecule has 0 bridgehead atoms. The molecule has 0 spiro atoms. The number of hydrogen-bond donors (Lipinski definition) is 1. The molecule has 1 aromatic heterocycles. The lowest BCUT2D eigenvalue weighted by Crippen LogP contribution is -2.12. The van der Waals surface area contributed by atoms with Crippen LogP contribution in [0.4, 0.5) is 0 Å². The summed E-state index contributed by atoms with van der Waals surface area (Å²) in [4.78, 5) is 15.2. The topological polar surface area (TPSA) is 65.9 Å². The maximum Gasteiger partial charge on any atom is 0.340 e. The van der Waals surface area contributed by atoms with Crippen molar-refractivity contribution in [3.8, 4) is 6.07 Å². The third-order valence-electron chi connectivity index (χ3n) is 3.28. The molecule has 2 aromatic rings. The van der Waals surface area contributed by atoms with Gasteiger partial charge in [-0.1, -0.05) is 54.7 Å². The number of carbonyl (C=O) groups is 1. The van der Waals surface area contributed by atoms with E-state index in [0.29, 0.717) is 21.5 Å². The van der Waals surface area contributed by atoms with Gasteiger partial charge >= 0.3 is 5.97 Å². The van der Waals surface area contributed by atoms with Crippen LogP contribution in [0.5, 0.6) is 0 Å². The molecule has 0 saturated carbocycles. The number of ether oxygens (including phenoxy) is 1. The van der Waals surface area contributed by atoms with E-state index < -0.39 is 5.97 Å². The van der Waals surface area contributed by atoms with Gasteiger partial charge in [-0.25, -0.2) is 4.79 Å². The first kappa shape index (κ1) is 16.7. The number of esters is 1. The SMILES string of the molecule is CCOC(=O)c1c(C)[nH]c(=S)c(C#N)c1C=Cc1ccccc1. The van der Waals surface area contributed by atoms with E-state index in [2.05, 4.69) is 11.1 Å². The lowest BCUT2D eigenvalue weighted by molar-refractivity contribution is 0.0524. The Morgan fingerprint density at radius 1 is 1.35 bits per heavy atom. The number of H-pyrrole nitrogens is 1. The molecule has 1 heterocycles. The van der Waals surface area contributed by atoms with Crippen LogP contribution in [0.1, 0.15) is 39.7 Å². The van der Waals surface area contributed by atoms with Crippen molar-refractivity contribution in [3.05, 3.63) is 62.9 Å². The molecule has 23 heavy (non-hydrogen) atoms. The number of aromatic nitrogens is 1. The van der Waals surface area contributed by atoms with Gasteiger partial charge in [-0.2, -0.15) is 5.26 Å². The van der Waals surface area contributed by atoms with Gasteiger partial charge in [0.25, 0.3) is 0 Å². The summed E-state index contributed by atoms with van der Waals surface area (Å²) in [5.41, 5.74) is 2.63. The fraction of sp³-hybridized carbons (Fsp3) is 0.167. The second-order valence-corrected chi connectivity index (χ2v) is 5.23. The molecule has 0 aliphatic heterocycles. The Kier molecular flexibility index (Phi) is 5.45. The van der Waals surface area contributed by atoms with Crippen LogP contribution in [0.2, 0.25) is 0 Å². The number of hydrogen-bond acceptors (Lipinski definition) is 4. The number of rotatable bonds is 4. The molecular formula is C18H16N2O2S. The summed E-state index contributed by atoms with van der Waals surface area (Å²) in [6.45, 7) is 3.74. The van der Waals surface area contributed by atoms with Gasteiger partial charge in [0.15, 0.2) is 0 Å². The maximum absolute atomic E-state index is 12.3. The fourth-order valence-electron chi connectivity index (χ4n) is 2.23. The molecule has 1 N–H and O–H groups in total. The highest BCUT2D eigenvalue weighted by molar-refractivity contribution is 7.71. The first-order chi connectivity index (χ1) is 11.1. The highest BCUT2D eigenvalue weighted by Crippen LogP contribution is 2.22. The maximum atomic E-state index is 12.3.